The number of pyridine rings is 1. The molecule has 2 aromatic heterocycles. The van der Waals surface area contributed by atoms with E-state index >= 15 is 0 Å². The van der Waals surface area contributed by atoms with E-state index in [-0.39, 0.29) is 19.9 Å². The Kier molecular flexibility index (Phi) is 3.33. The molecule has 0 N–H and O–H groups in total. The number of methoxy groups -OCH3 is 1. The summed E-state index contributed by atoms with van der Waals surface area (Å²) >= 11 is 0.165. The van der Waals surface area contributed by atoms with Crippen molar-refractivity contribution < 1.29 is 4.74 Å². The van der Waals surface area contributed by atoms with Gasteiger partial charge in [-0.2, -0.15) is 0 Å². The number of hydrogen-bond acceptors (Lipinski definition) is 3. The third-order valence-corrected chi connectivity index (χ3v) is 6.64. The van der Waals surface area contributed by atoms with Crippen LogP contribution in [-0.2, 0) is 5.41 Å². The van der Waals surface area contributed by atoms with Crippen molar-refractivity contribution in [1.29, 1.82) is 0 Å². The van der Waals surface area contributed by atoms with Crippen molar-refractivity contribution in [2.75, 3.05) is 12.0 Å². The standard InChI is InChI=1S/C19H18N2OSe/c1-19(2)13-7-4-5-9-15(13)21(16-10-11-17(22-3)23-16)18-14(19)8-6-12-20-18/h4-12H,1-3H3. The molecule has 4 heteroatoms. The fourth-order valence-electron chi connectivity index (χ4n) is 3.28. The molecule has 3 aromatic rings. The normalized spacial score (nSPS) is 15.0. The van der Waals surface area contributed by atoms with E-state index in [2.05, 4.69) is 61.2 Å². The van der Waals surface area contributed by atoms with Gasteiger partial charge in [-0.1, -0.05) is 0 Å². The molecule has 3 heterocycles. The van der Waals surface area contributed by atoms with Crippen molar-refractivity contribution in [2.45, 2.75) is 19.3 Å². The summed E-state index contributed by atoms with van der Waals surface area (Å²) in [5.41, 5.74) is 3.77. The number of para-hydroxylation sites is 1. The summed E-state index contributed by atoms with van der Waals surface area (Å²) in [7, 11) is 1.74. The first-order chi connectivity index (χ1) is 11.1. The third-order valence-electron chi connectivity index (χ3n) is 4.48. The molecule has 0 atom stereocenters. The van der Waals surface area contributed by atoms with Crippen LogP contribution in [0.15, 0.2) is 54.7 Å². The zero-order chi connectivity index (χ0) is 16.0. The zero-order valence-corrected chi connectivity index (χ0v) is 15.1. The summed E-state index contributed by atoms with van der Waals surface area (Å²) in [5, 5.41) is 0. The van der Waals surface area contributed by atoms with E-state index in [0.717, 1.165) is 10.4 Å². The minimum absolute atomic E-state index is 0.0552. The maximum absolute atomic E-state index is 5.44. The fraction of sp³-hybridized carbons (Fsp3) is 0.211. The Balaban J connectivity index is 2.00. The number of ether oxygens (including phenoxy) is 1. The van der Waals surface area contributed by atoms with Gasteiger partial charge in [0.05, 0.1) is 0 Å². The van der Waals surface area contributed by atoms with Gasteiger partial charge in [0, 0.05) is 0 Å². The van der Waals surface area contributed by atoms with Gasteiger partial charge in [-0.3, -0.25) is 0 Å². The average molecular weight is 369 g/mol. The molecule has 116 valence electrons. The second-order valence-electron chi connectivity index (χ2n) is 6.15. The van der Waals surface area contributed by atoms with Gasteiger partial charge in [0.25, 0.3) is 0 Å². The van der Waals surface area contributed by atoms with E-state index in [1.807, 2.05) is 12.3 Å². The molecule has 23 heavy (non-hydrogen) atoms. The molecule has 1 aliphatic rings. The Morgan fingerprint density at radius 1 is 1.00 bits per heavy atom. The topological polar surface area (TPSA) is 25.4 Å². The minimum atomic E-state index is -0.0552. The maximum atomic E-state index is 5.44. The van der Waals surface area contributed by atoms with Gasteiger partial charge in [0.1, 0.15) is 0 Å². The van der Waals surface area contributed by atoms with Crippen LogP contribution in [0.2, 0.25) is 0 Å². The molecule has 0 fully saturated rings. The fourth-order valence-corrected chi connectivity index (χ4v) is 5.04. The number of rotatable bonds is 2. The quantitative estimate of drug-likeness (QED) is 0.632. The van der Waals surface area contributed by atoms with Gasteiger partial charge in [-0.15, -0.1) is 0 Å². The zero-order valence-electron chi connectivity index (χ0n) is 13.4. The molecule has 1 aliphatic heterocycles. The number of anilines is 3. The van der Waals surface area contributed by atoms with Gasteiger partial charge < -0.3 is 0 Å². The molecule has 0 radical (unpaired) electrons. The van der Waals surface area contributed by atoms with Gasteiger partial charge >= 0.3 is 142 Å². The van der Waals surface area contributed by atoms with Crippen molar-refractivity contribution in [3.63, 3.8) is 0 Å². The molecule has 0 spiro atoms. The Morgan fingerprint density at radius 2 is 1.78 bits per heavy atom. The van der Waals surface area contributed by atoms with E-state index in [0.29, 0.717) is 0 Å². The number of nitrogens with zero attached hydrogens (tertiary/aromatic N) is 2. The molecule has 0 amide bonds. The average Bonchev–Trinajstić information content (AvgIpc) is 3.04. The van der Waals surface area contributed by atoms with Crippen LogP contribution < -0.4 is 9.64 Å². The van der Waals surface area contributed by atoms with Crippen LogP contribution in [0.25, 0.3) is 0 Å². The SMILES string of the molecule is COc1ccc(N2c3ccccc3C(C)(C)c3cccnc32)[se]1. The van der Waals surface area contributed by atoms with Crippen LogP contribution in [0, 0.1) is 0 Å². The molecular weight excluding hydrogens is 351 g/mol. The predicted octanol–water partition coefficient (Wildman–Crippen LogP) is 4.26. The van der Waals surface area contributed by atoms with Gasteiger partial charge in [-0.05, 0) is 0 Å². The van der Waals surface area contributed by atoms with E-state index in [1.165, 1.54) is 21.4 Å². The first-order valence-corrected chi connectivity index (χ1v) is 9.33. The molecule has 0 saturated carbocycles. The van der Waals surface area contributed by atoms with Crippen LogP contribution in [0.4, 0.5) is 16.1 Å². The summed E-state index contributed by atoms with van der Waals surface area (Å²) < 4.78 is 7.75. The van der Waals surface area contributed by atoms with E-state index < -0.39 is 0 Å². The summed E-state index contributed by atoms with van der Waals surface area (Å²) in [4.78, 5) is 7.03. The number of fused-ring (bicyclic) bond motifs is 2. The monoisotopic (exact) mass is 370 g/mol. The number of hydrogen-bond donors (Lipinski definition) is 0. The van der Waals surface area contributed by atoms with Gasteiger partial charge in [0.15, 0.2) is 0 Å². The van der Waals surface area contributed by atoms with E-state index in [9.17, 15) is 0 Å². The Bertz CT molecular complexity index is 820. The van der Waals surface area contributed by atoms with Crippen LogP contribution in [0.1, 0.15) is 25.0 Å². The molecule has 0 aliphatic carbocycles. The van der Waals surface area contributed by atoms with Crippen molar-refractivity contribution >= 4 is 30.6 Å². The number of benzene rings is 1. The Labute approximate surface area is 142 Å². The Hall–Kier alpha value is -2.03. The molecule has 0 bridgehead atoms. The second-order valence-corrected chi connectivity index (χ2v) is 8.30. The van der Waals surface area contributed by atoms with Crippen molar-refractivity contribution in [2.24, 2.45) is 0 Å². The third kappa shape index (κ3) is 2.13. The summed E-state index contributed by atoms with van der Waals surface area (Å²) in [6.07, 6.45) is 1.88. The summed E-state index contributed by atoms with van der Waals surface area (Å²) in [5.74, 6) is 1.04. The van der Waals surface area contributed by atoms with Crippen molar-refractivity contribution in [3.8, 4) is 4.62 Å². The summed E-state index contributed by atoms with van der Waals surface area (Å²) in [6.45, 7) is 4.55. The summed E-state index contributed by atoms with van der Waals surface area (Å²) in [6, 6.07) is 17.1. The van der Waals surface area contributed by atoms with Gasteiger partial charge in [0.2, 0.25) is 0 Å². The van der Waals surface area contributed by atoms with Crippen LogP contribution in [-0.4, -0.2) is 26.6 Å². The first-order valence-electron chi connectivity index (χ1n) is 7.62. The van der Waals surface area contributed by atoms with Crippen LogP contribution in [0.3, 0.4) is 0 Å². The van der Waals surface area contributed by atoms with E-state index in [4.69, 9.17) is 9.72 Å². The molecule has 4 rings (SSSR count). The first kappa shape index (κ1) is 14.6. The molecule has 3 nitrogen and oxygen atoms in total. The van der Waals surface area contributed by atoms with Gasteiger partial charge in [-0.25, -0.2) is 0 Å². The predicted molar refractivity (Wildman–Crippen MR) is 94.5 cm³/mol. The van der Waals surface area contributed by atoms with Crippen LogP contribution >= 0.6 is 0 Å². The molecule has 0 saturated heterocycles. The number of aromatic nitrogens is 1. The Morgan fingerprint density at radius 3 is 2.57 bits per heavy atom. The second kappa shape index (κ2) is 5.26. The molecule has 0 unspecified atom stereocenters. The van der Waals surface area contributed by atoms with Crippen LogP contribution in [0.5, 0.6) is 4.62 Å². The van der Waals surface area contributed by atoms with Crippen molar-refractivity contribution in [1.82, 2.24) is 4.98 Å². The molecule has 1 aromatic carbocycles. The van der Waals surface area contributed by atoms with E-state index in [1.54, 1.807) is 7.11 Å². The van der Waals surface area contributed by atoms with Crippen molar-refractivity contribution in [3.05, 3.63) is 65.9 Å². The molecular formula is C19H18N2OSe.